The van der Waals surface area contributed by atoms with Crippen molar-refractivity contribution in [3.8, 4) is 0 Å². The van der Waals surface area contributed by atoms with E-state index < -0.39 is 20.1 Å². The molecule has 0 aromatic heterocycles. The molecule has 0 aromatic carbocycles. The molecular formula is C3H7ClFO4P. The van der Waals surface area contributed by atoms with E-state index in [1.807, 2.05) is 0 Å². The van der Waals surface area contributed by atoms with Crippen LogP contribution < -0.4 is 0 Å². The molecule has 0 heterocycles. The Morgan fingerprint density at radius 2 is 2.40 bits per heavy atom. The molecule has 4 nitrogen and oxygen atoms in total. The van der Waals surface area contributed by atoms with Gasteiger partial charge in [0.2, 0.25) is 6.36 Å². The van der Waals surface area contributed by atoms with Gasteiger partial charge in [-0.2, -0.15) is 0 Å². The molecular weight excluding hydrogens is 185 g/mol. The van der Waals surface area contributed by atoms with E-state index in [1.54, 1.807) is 0 Å². The maximum atomic E-state index is 12.0. The van der Waals surface area contributed by atoms with Crippen LogP contribution in [-0.4, -0.2) is 24.2 Å². The second-order valence-corrected chi connectivity index (χ2v) is 3.14. The Kier molecular flexibility index (Phi) is 4.40. The van der Waals surface area contributed by atoms with Crippen LogP contribution in [0.15, 0.2) is 0 Å². The first-order valence-corrected chi connectivity index (χ1v) is 4.32. The molecule has 62 valence electrons. The summed E-state index contributed by atoms with van der Waals surface area (Å²) in [6, 6.07) is 0. The summed E-state index contributed by atoms with van der Waals surface area (Å²) in [5.41, 5.74) is 0. The smallest absolute Gasteiger partial charge is 0.302 e. The number of halogens is 2. The summed E-state index contributed by atoms with van der Waals surface area (Å²) in [5.74, 6) is -0.506. The largest absolute Gasteiger partial charge is 0.474 e. The first-order valence-electron chi connectivity index (χ1n) is 2.29. The van der Waals surface area contributed by atoms with Gasteiger partial charge >= 0.3 is 7.82 Å². The summed E-state index contributed by atoms with van der Waals surface area (Å²) in [6.07, 6.45) is -1.97. The molecule has 0 aliphatic rings. The highest BCUT2D eigenvalue weighted by molar-refractivity contribution is 7.47. The average Bonchev–Trinajstić information content (AvgIpc) is 1.87. The van der Waals surface area contributed by atoms with Crippen LogP contribution >= 0.6 is 19.4 Å². The van der Waals surface area contributed by atoms with E-state index in [0.717, 1.165) is 7.11 Å². The summed E-state index contributed by atoms with van der Waals surface area (Å²) in [5, 5.41) is 0. The Bertz CT molecular complexity index is 142. The highest BCUT2D eigenvalue weighted by atomic mass is 35.5. The zero-order valence-corrected chi connectivity index (χ0v) is 6.81. The van der Waals surface area contributed by atoms with Crippen molar-refractivity contribution >= 4 is 19.4 Å². The molecule has 7 heteroatoms. The van der Waals surface area contributed by atoms with Crippen molar-refractivity contribution in [1.82, 2.24) is 0 Å². The molecule has 2 atom stereocenters. The normalized spacial score (nSPS) is 20.0. The van der Waals surface area contributed by atoms with E-state index in [9.17, 15) is 8.96 Å². The minimum absolute atomic E-state index is 0.506. The summed E-state index contributed by atoms with van der Waals surface area (Å²) < 4.78 is 30.1. The summed E-state index contributed by atoms with van der Waals surface area (Å²) in [6.45, 7) is 0. The van der Waals surface area contributed by atoms with Crippen LogP contribution in [0.4, 0.5) is 4.39 Å². The van der Waals surface area contributed by atoms with Gasteiger partial charge in [0.25, 0.3) is 0 Å². The fraction of sp³-hybridized carbons (Fsp3) is 1.00. The van der Waals surface area contributed by atoms with Crippen molar-refractivity contribution in [2.45, 2.75) is 6.36 Å². The lowest BCUT2D eigenvalue weighted by atomic mass is 10.8. The van der Waals surface area contributed by atoms with Crippen molar-refractivity contribution in [3.63, 3.8) is 0 Å². The highest BCUT2D eigenvalue weighted by Crippen LogP contribution is 2.43. The van der Waals surface area contributed by atoms with Gasteiger partial charge in [-0.25, -0.2) is 8.96 Å². The number of hydrogen-bond donors (Lipinski definition) is 1. The topological polar surface area (TPSA) is 55.8 Å². The fourth-order valence-electron chi connectivity index (χ4n) is 0.216. The van der Waals surface area contributed by atoms with E-state index in [0.29, 0.717) is 0 Å². The third-order valence-corrected chi connectivity index (χ3v) is 1.80. The number of phosphoric acid groups is 1. The van der Waals surface area contributed by atoms with Gasteiger partial charge in [0.15, 0.2) is 0 Å². The van der Waals surface area contributed by atoms with Crippen LogP contribution in [0.3, 0.4) is 0 Å². The van der Waals surface area contributed by atoms with Gasteiger partial charge in [0.05, 0.1) is 5.88 Å². The Labute approximate surface area is 62.5 Å². The highest BCUT2D eigenvalue weighted by Gasteiger charge is 2.23. The van der Waals surface area contributed by atoms with E-state index in [-0.39, 0.29) is 0 Å². The fourth-order valence-corrected chi connectivity index (χ4v) is 0.816. The second-order valence-electron chi connectivity index (χ2n) is 1.32. The van der Waals surface area contributed by atoms with Crippen LogP contribution in [0, 0.1) is 0 Å². The summed E-state index contributed by atoms with van der Waals surface area (Å²) >= 11 is 4.93. The van der Waals surface area contributed by atoms with E-state index in [4.69, 9.17) is 16.5 Å². The first kappa shape index (κ1) is 10.3. The zero-order chi connectivity index (χ0) is 8.20. The molecule has 0 saturated carbocycles. The van der Waals surface area contributed by atoms with Crippen LogP contribution in [0.5, 0.6) is 0 Å². The van der Waals surface area contributed by atoms with E-state index in [2.05, 4.69) is 9.05 Å². The minimum Gasteiger partial charge on any atom is -0.302 e. The third-order valence-electron chi connectivity index (χ3n) is 0.600. The van der Waals surface area contributed by atoms with Crippen molar-refractivity contribution in [2.75, 3.05) is 13.0 Å². The average molecular weight is 193 g/mol. The number of alkyl halides is 2. The van der Waals surface area contributed by atoms with Crippen molar-refractivity contribution in [1.29, 1.82) is 0 Å². The molecule has 10 heavy (non-hydrogen) atoms. The predicted molar refractivity (Wildman–Crippen MR) is 33.5 cm³/mol. The molecule has 0 radical (unpaired) electrons. The van der Waals surface area contributed by atoms with Crippen LogP contribution in [-0.2, 0) is 13.6 Å². The van der Waals surface area contributed by atoms with E-state index in [1.165, 1.54) is 0 Å². The Balaban J connectivity index is 3.77. The van der Waals surface area contributed by atoms with Gasteiger partial charge in [-0.05, 0) is 0 Å². The summed E-state index contributed by atoms with van der Waals surface area (Å²) in [7, 11) is -3.27. The Hall–Kier alpha value is 0.330. The SMILES string of the molecule is COP(=O)(O)OC(F)CCl. The zero-order valence-electron chi connectivity index (χ0n) is 5.16. The molecule has 0 spiro atoms. The number of rotatable bonds is 4. The van der Waals surface area contributed by atoms with Crippen LogP contribution in [0.2, 0.25) is 0 Å². The third kappa shape index (κ3) is 4.19. The quantitative estimate of drug-likeness (QED) is 0.539. The van der Waals surface area contributed by atoms with Crippen molar-refractivity contribution in [3.05, 3.63) is 0 Å². The van der Waals surface area contributed by atoms with Gasteiger partial charge < -0.3 is 4.89 Å². The molecule has 0 aliphatic carbocycles. The Morgan fingerprint density at radius 1 is 1.90 bits per heavy atom. The molecule has 2 unspecified atom stereocenters. The molecule has 0 aliphatic heterocycles. The monoisotopic (exact) mass is 192 g/mol. The lowest BCUT2D eigenvalue weighted by Crippen LogP contribution is -2.06. The van der Waals surface area contributed by atoms with Gasteiger partial charge in [0, 0.05) is 7.11 Å². The molecule has 0 fully saturated rings. The van der Waals surface area contributed by atoms with Crippen molar-refractivity contribution < 1.29 is 22.9 Å². The molecule has 0 amide bonds. The van der Waals surface area contributed by atoms with Crippen LogP contribution in [0.25, 0.3) is 0 Å². The molecule has 0 rings (SSSR count). The lowest BCUT2D eigenvalue weighted by Gasteiger charge is -2.09. The first-order chi connectivity index (χ1) is 4.52. The second kappa shape index (κ2) is 4.26. The standard InChI is InChI=1S/C3H7ClFO4P/c1-8-10(6,7)9-3(5)2-4/h3H,2H2,1H3,(H,6,7). The predicted octanol–water partition coefficient (Wildman–Crippen LogP) is 1.28. The molecule has 0 bridgehead atoms. The maximum Gasteiger partial charge on any atom is 0.474 e. The number of hydrogen-bond acceptors (Lipinski definition) is 3. The molecule has 0 aromatic rings. The van der Waals surface area contributed by atoms with Gasteiger partial charge in [-0.15, -0.1) is 11.6 Å². The number of phosphoric ester groups is 1. The molecule has 1 N–H and O–H groups in total. The maximum absolute atomic E-state index is 12.0. The van der Waals surface area contributed by atoms with E-state index >= 15 is 0 Å². The Morgan fingerprint density at radius 3 is 2.70 bits per heavy atom. The van der Waals surface area contributed by atoms with Gasteiger partial charge in [0.1, 0.15) is 0 Å². The lowest BCUT2D eigenvalue weighted by molar-refractivity contribution is 0.0465. The molecule has 0 saturated heterocycles. The van der Waals surface area contributed by atoms with Crippen LogP contribution in [0.1, 0.15) is 0 Å². The van der Waals surface area contributed by atoms with Gasteiger partial charge in [-0.1, -0.05) is 0 Å². The van der Waals surface area contributed by atoms with Gasteiger partial charge in [-0.3, -0.25) is 9.05 Å². The van der Waals surface area contributed by atoms with Crippen molar-refractivity contribution in [2.24, 2.45) is 0 Å². The minimum atomic E-state index is -4.21. The summed E-state index contributed by atoms with van der Waals surface area (Å²) in [4.78, 5) is 8.44.